The van der Waals surface area contributed by atoms with Crippen molar-refractivity contribution in [3.05, 3.63) is 127 Å². The number of carbonyl (C=O) groups excluding carboxylic acids is 1. The van der Waals surface area contributed by atoms with Gasteiger partial charge < -0.3 is 14.5 Å². The molecule has 6 rings (SSSR count). The maximum absolute atomic E-state index is 14.0. The lowest BCUT2D eigenvalue weighted by Crippen LogP contribution is -2.22. The maximum atomic E-state index is 14.0. The van der Waals surface area contributed by atoms with Gasteiger partial charge in [0.25, 0.3) is 11.5 Å². The van der Waals surface area contributed by atoms with Crippen molar-refractivity contribution in [3.63, 3.8) is 0 Å². The van der Waals surface area contributed by atoms with Crippen LogP contribution < -0.4 is 15.6 Å². The van der Waals surface area contributed by atoms with Crippen LogP contribution in [-0.2, 0) is 4.79 Å². The Labute approximate surface area is 255 Å². The number of nitrogens with zero attached hydrogens (tertiary/aromatic N) is 4. The number of carbonyl (C=O) groups is 1. The lowest BCUT2D eigenvalue weighted by Gasteiger charge is -2.11. The summed E-state index contributed by atoms with van der Waals surface area (Å²) in [5.41, 5.74) is 0.00389. The van der Waals surface area contributed by atoms with E-state index >= 15 is 0 Å². The van der Waals surface area contributed by atoms with Crippen molar-refractivity contribution in [2.45, 2.75) is 0 Å². The van der Waals surface area contributed by atoms with Crippen molar-refractivity contribution in [2.24, 2.45) is 5.10 Å². The number of para-hydroxylation sites is 3. The second kappa shape index (κ2) is 11.9. The van der Waals surface area contributed by atoms with Crippen molar-refractivity contribution < 1.29 is 23.3 Å². The number of ether oxygens (including phenoxy) is 1. The molecule has 11 nitrogen and oxygen atoms in total. The number of nitro benzene ring substituents is 1. The molecular weight excluding hydrogens is 637 g/mol. The summed E-state index contributed by atoms with van der Waals surface area (Å²) in [5, 5.41) is 19.7. The van der Waals surface area contributed by atoms with Crippen molar-refractivity contribution in [3.8, 4) is 17.3 Å². The van der Waals surface area contributed by atoms with Crippen molar-refractivity contribution in [1.29, 1.82) is 0 Å². The molecule has 44 heavy (non-hydrogen) atoms. The summed E-state index contributed by atoms with van der Waals surface area (Å²) in [6, 6.07) is 24.0. The van der Waals surface area contributed by atoms with Gasteiger partial charge in [0.15, 0.2) is 12.4 Å². The summed E-state index contributed by atoms with van der Waals surface area (Å²) in [5.74, 6) is -1.34. The van der Waals surface area contributed by atoms with Crippen molar-refractivity contribution in [1.82, 2.24) is 9.66 Å². The van der Waals surface area contributed by atoms with Gasteiger partial charge in [-0.1, -0.05) is 58.4 Å². The lowest BCUT2D eigenvalue weighted by atomic mass is 10.2. The van der Waals surface area contributed by atoms with Gasteiger partial charge in [0, 0.05) is 21.5 Å². The number of anilines is 1. The number of aromatic nitrogens is 2. The van der Waals surface area contributed by atoms with Crippen LogP contribution in [0.15, 0.2) is 110 Å². The average Bonchev–Trinajstić information content (AvgIpc) is 3.45. The summed E-state index contributed by atoms with van der Waals surface area (Å²) in [7, 11) is 0. The first-order valence-electron chi connectivity index (χ1n) is 13.0. The van der Waals surface area contributed by atoms with Crippen LogP contribution in [0.2, 0.25) is 0 Å². The number of fused-ring (bicyclic) bond motifs is 2. The summed E-state index contributed by atoms with van der Waals surface area (Å²) < 4.78 is 26.9. The van der Waals surface area contributed by atoms with Crippen LogP contribution in [0.1, 0.15) is 5.56 Å². The molecule has 4 aromatic carbocycles. The van der Waals surface area contributed by atoms with Gasteiger partial charge in [-0.25, -0.2) is 9.37 Å². The molecule has 0 aliphatic heterocycles. The van der Waals surface area contributed by atoms with Crippen LogP contribution in [-0.4, -0.2) is 33.3 Å². The zero-order chi connectivity index (χ0) is 30.8. The molecule has 0 aliphatic carbocycles. The first kappa shape index (κ1) is 28.4. The minimum Gasteiger partial charge on any atom is -0.476 e. The molecule has 1 N–H and O–H groups in total. The van der Waals surface area contributed by atoms with Crippen LogP contribution in [0.3, 0.4) is 0 Å². The summed E-state index contributed by atoms with van der Waals surface area (Å²) in [6.45, 7) is -0.681. The Morgan fingerprint density at radius 2 is 1.84 bits per heavy atom. The monoisotopic (exact) mass is 655 g/mol. The topological polar surface area (TPSA) is 142 Å². The van der Waals surface area contributed by atoms with E-state index in [4.69, 9.17) is 9.15 Å². The first-order chi connectivity index (χ1) is 21.3. The number of halogens is 2. The minimum atomic E-state index is -0.752. The quantitative estimate of drug-likeness (QED) is 0.112. The highest BCUT2D eigenvalue weighted by atomic mass is 79.9. The minimum absolute atomic E-state index is 0.0698. The summed E-state index contributed by atoms with van der Waals surface area (Å²) >= 11 is 3.25. The summed E-state index contributed by atoms with van der Waals surface area (Å²) in [4.78, 5) is 42.1. The molecule has 2 aromatic heterocycles. The third-order valence-corrected chi connectivity index (χ3v) is 6.92. The van der Waals surface area contributed by atoms with Gasteiger partial charge in [-0.05, 0) is 42.5 Å². The maximum Gasteiger partial charge on any atom is 0.312 e. The first-order valence-corrected chi connectivity index (χ1v) is 13.8. The molecule has 0 atom stereocenters. The van der Waals surface area contributed by atoms with Gasteiger partial charge in [-0.3, -0.25) is 19.7 Å². The molecule has 0 unspecified atom stereocenters. The normalized spacial score (nSPS) is 11.3. The standard InChI is InChI=1S/C31H19BrFN5O6/c32-20-13-19(29(25(15-20)38(41)42)43-17-28(39)35-24-11-5-3-9-22(24)33)16-34-37-30(27-14-18-7-1-6-12-26(18)44-27)36-23-10-4-2-8-21(23)31(37)40/h1-16H,17H2,(H,35,39). The molecule has 0 fully saturated rings. The number of rotatable bonds is 8. The number of hydrogen-bond acceptors (Lipinski definition) is 8. The Balaban J connectivity index is 1.42. The van der Waals surface area contributed by atoms with E-state index in [0.29, 0.717) is 15.6 Å². The molecule has 0 bridgehead atoms. The van der Waals surface area contributed by atoms with Crippen molar-refractivity contribution in [2.75, 3.05) is 11.9 Å². The van der Waals surface area contributed by atoms with Crippen LogP contribution in [0.25, 0.3) is 33.5 Å². The predicted octanol–water partition coefficient (Wildman–Crippen LogP) is 6.52. The number of nitrogens with one attached hydrogen (secondary N) is 1. The van der Waals surface area contributed by atoms with E-state index in [2.05, 4.69) is 31.3 Å². The van der Waals surface area contributed by atoms with E-state index in [9.17, 15) is 24.1 Å². The van der Waals surface area contributed by atoms with Crippen LogP contribution in [0, 0.1) is 15.9 Å². The van der Waals surface area contributed by atoms with Gasteiger partial charge in [-0.15, -0.1) is 0 Å². The summed E-state index contributed by atoms with van der Waals surface area (Å²) in [6.07, 6.45) is 1.19. The van der Waals surface area contributed by atoms with E-state index in [1.54, 1.807) is 36.4 Å². The zero-order valence-electron chi connectivity index (χ0n) is 22.4. The second-order valence-corrected chi connectivity index (χ2v) is 10.3. The van der Waals surface area contributed by atoms with Crippen molar-refractivity contribution >= 4 is 61.3 Å². The molecule has 0 saturated heterocycles. The smallest absolute Gasteiger partial charge is 0.312 e. The molecule has 0 spiro atoms. The second-order valence-electron chi connectivity index (χ2n) is 9.38. The van der Waals surface area contributed by atoms with E-state index in [-0.39, 0.29) is 34.0 Å². The van der Waals surface area contributed by atoms with Gasteiger partial charge in [0.05, 0.1) is 27.7 Å². The van der Waals surface area contributed by atoms with E-state index in [1.807, 2.05) is 18.2 Å². The number of amides is 1. The Hall–Kier alpha value is -5.69. The Morgan fingerprint density at radius 3 is 2.64 bits per heavy atom. The van der Waals surface area contributed by atoms with E-state index in [1.165, 1.54) is 42.6 Å². The highest BCUT2D eigenvalue weighted by Gasteiger charge is 2.23. The largest absolute Gasteiger partial charge is 0.476 e. The SMILES string of the molecule is O=C(COc1c(C=Nn2c(-c3cc4ccccc4o3)nc3ccccc3c2=O)cc(Br)cc1[N+](=O)[O-])Nc1ccccc1F. The van der Waals surface area contributed by atoms with E-state index in [0.717, 1.165) is 10.1 Å². The number of hydrogen-bond donors (Lipinski definition) is 1. The van der Waals surface area contributed by atoms with Gasteiger partial charge in [-0.2, -0.15) is 9.78 Å². The third kappa shape index (κ3) is 5.68. The Bertz CT molecular complexity index is 2140. The van der Waals surface area contributed by atoms with Gasteiger partial charge in [0.2, 0.25) is 11.6 Å². The lowest BCUT2D eigenvalue weighted by molar-refractivity contribution is -0.385. The van der Waals surface area contributed by atoms with Gasteiger partial charge in [0.1, 0.15) is 11.4 Å². The molecular formula is C31H19BrFN5O6. The molecule has 2 heterocycles. The van der Waals surface area contributed by atoms with E-state index < -0.39 is 34.5 Å². The molecule has 0 saturated carbocycles. The molecule has 0 aliphatic rings. The predicted molar refractivity (Wildman–Crippen MR) is 166 cm³/mol. The molecule has 13 heteroatoms. The van der Waals surface area contributed by atoms with Crippen LogP contribution in [0.4, 0.5) is 15.8 Å². The Morgan fingerprint density at radius 1 is 1.09 bits per heavy atom. The highest BCUT2D eigenvalue weighted by Crippen LogP contribution is 2.34. The number of nitro groups is 1. The fraction of sp³-hybridized carbons (Fsp3) is 0.0323. The molecule has 0 radical (unpaired) electrons. The molecule has 6 aromatic rings. The zero-order valence-corrected chi connectivity index (χ0v) is 24.0. The highest BCUT2D eigenvalue weighted by molar-refractivity contribution is 9.10. The molecule has 1 amide bonds. The number of benzene rings is 4. The Kier molecular flexibility index (Phi) is 7.69. The average molecular weight is 656 g/mol. The fourth-order valence-corrected chi connectivity index (χ4v) is 4.94. The van der Waals surface area contributed by atoms with Crippen LogP contribution >= 0.6 is 15.9 Å². The number of furan rings is 1. The fourth-order valence-electron chi connectivity index (χ4n) is 4.48. The third-order valence-electron chi connectivity index (χ3n) is 6.47. The molecule has 218 valence electrons. The van der Waals surface area contributed by atoms with Crippen LogP contribution in [0.5, 0.6) is 5.75 Å². The van der Waals surface area contributed by atoms with Gasteiger partial charge >= 0.3 is 5.69 Å².